The number of para-hydroxylation sites is 1. The molecule has 31 heavy (non-hydrogen) atoms. The van der Waals surface area contributed by atoms with Crippen LogP contribution in [0.3, 0.4) is 0 Å². The van der Waals surface area contributed by atoms with Gasteiger partial charge in [0.1, 0.15) is 11.9 Å². The molecule has 0 saturated heterocycles. The highest BCUT2D eigenvalue weighted by atomic mass is 16.5. The topological polar surface area (TPSA) is 49.9 Å². The van der Waals surface area contributed by atoms with Crippen LogP contribution in [0.1, 0.15) is 88.9 Å². The van der Waals surface area contributed by atoms with E-state index in [-0.39, 0.29) is 24.0 Å². The molecular weight excluding hydrogens is 388 g/mol. The second-order valence-corrected chi connectivity index (χ2v) is 9.49. The summed E-state index contributed by atoms with van der Waals surface area (Å²) < 4.78 is 6.55. The van der Waals surface area contributed by atoms with E-state index in [4.69, 9.17) is 4.74 Å². The maximum Gasteiger partial charge on any atom is 0.257 e. The summed E-state index contributed by atoms with van der Waals surface area (Å²) in [7, 11) is 0. The highest BCUT2D eigenvalue weighted by molar-refractivity contribution is 5.97. The van der Waals surface area contributed by atoms with Crippen LogP contribution < -0.4 is 4.74 Å². The summed E-state index contributed by atoms with van der Waals surface area (Å²) in [5, 5.41) is 0. The zero-order chi connectivity index (χ0) is 22.2. The number of carbonyl (C=O) groups excluding carboxylic acids is 2. The number of rotatable bonds is 3. The third kappa shape index (κ3) is 6.24. The van der Waals surface area contributed by atoms with Gasteiger partial charge in [-0.2, -0.15) is 0 Å². The minimum atomic E-state index is -0.0585. The minimum absolute atomic E-state index is 0.0512. The van der Waals surface area contributed by atoms with Gasteiger partial charge in [0.25, 0.3) is 5.91 Å². The first kappa shape index (κ1) is 23.6. The van der Waals surface area contributed by atoms with E-state index in [2.05, 4.69) is 18.7 Å². The summed E-state index contributed by atoms with van der Waals surface area (Å²) in [5.41, 5.74) is 0.644. The van der Waals surface area contributed by atoms with Crippen molar-refractivity contribution >= 4 is 11.8 Å². The zero-order valence-corrected chi connectivity index (χ0v) is 19.6. The zero-order valence-electron chi connectivity index (χ0n) is 19.6. The maximum absolute atomic E-state index is 13.3. The summed E-state index contributed by atoms with van der Waals surface area (Å²) in [4.78, 5) is 30.5. The molecule has 5 heteroatoms. The Morgan fingerprint density at radius 2 is 1.74 bits per heavy atom. The summed E-state index contributed by atoms with van der Waals surface area (Å²) in [6, 6.07) is 7.73. The number of carbonyl (C=O) groups is 2. The predicted molar refractivity (Wildman–Crippen MR) is 124 cm³/mol. The molecule has 3 rings (SSSR count). The minimum Gasteiger partial charge on any atom is -0.487 e. The second-order valence-electron chi connectivity index (χ2n) is 9.49. The molecule has 0 N–H and O–H groups in total. The van der Waals surface area contributed by atoms with Gasteiger partial charge in [0.05, 0.1) is 11.6 Å². The van der Waals surface area contributed by atoms with Crippen molar-refractivity contribution in [3.63, 3.8) is 0 Å². The fraction of sp³-hybridized carbons (Fsp3) is 0.692. The highest BCUT2D eigenvalue weighted by Crippen LogP contribution is 2.31. The van der Waals surface area contributed by atoms with Crippen LogP contribution >= 0.6 is 0 Å². The van der Waals surface area contributed by atoms with E-state index in [1.54, 1.807) is 0 Å². The van der Waals surface area contributed by atoms with Crippen LogP contribution in [-0.4, -0.2) is 53.4 Å². The fourth-order valence-electron chi connectivity index (χ4n) is 4.93. The molecule has 0 unspecified atom stereocenters. The van der Waals surface area contributed by atoms with E-state index in [1.807, 2.05) is 36.1 Å². The SMILES string of the molecule is CCN1CCCCCCN(C(=O)CC(C)C)[C@@H]2CCCC[C@@H]2Oc2ccccc2C1=O. The van der Waals surface area contributed by atoms with Crippen LogP contribution in [0.2, 0.25) is 0 Å². The Kier molecular flexibility index (Phi) is 8.79. The van der Waals surface area contributed by atoms with Crippen LogP contribution in [-0.2, 0) is 4.79 Å². The molecule has 2 atom stereocenters. The first-order chi connectivity index (χ1) is 15.0. The molecule has 1 aromatic carbocycles. The quantitative estimate of drug-likeness (QED) is 0.657. The van der Waals surface area contributed by atoms with Crippen LogP contribution in [0.15, 0.2) is 24.3 Å². The molecule has 1 aromatic rings. The number of amides is 2. The number of hydrogen-bond donors (Lipinski definition) is 0. The van der Waals surface area contributed by atoms with Crippen molar-refractivity contribution in [2.24, 2.45) is 5.92 Å². The fourth-order valence-corrected chi connectivity index (χ4v) is 4.93. The van der Waals surface area contributed by atoms with Crippen molar-refractivity contribution in [3.8, 4) is 5.75 Å². The number of benzene rings is 1. The number of hydrogen-bond acceptors (Lipinski definition) is 3. The van der Waals surface area contributed by atoms with Gasteiger partial charge in [-0.1, -0.05) is 45.2 Å². The highest BCUT2D eigenvalue weighted by Gasteiger charge is 2.35. The van der Waals surface area contributed by atoms with Gasteiger partial charge in [-0.25, -0.2) is 0 Å². The molecule has 0 bridgehead atoms. The van der Waals surface area contributed by atoms with Crippen molar-refractivity contribution in [3.05, 3.63) is 29.8 Å². The average Bonchev–Trinajstić information content (AvgIpc) is 2.75. The van der Waals surface area contributed by atoms with Crippen molar-refractivity contribution < 1.29 is 14.3 Å². The Bertz CT molecular complexity index is 733. The third-order valence-corrected chi connectivity index (χ3v) is 6.61. The Morgan fingerprint density at radius 1 is 1.03 bits per heavy atom. The summed E-state index contributed by atoms with van der Waals surface area (Å²) in [6.07, 6.45) is 8.85. The van der Waals surface area contributed by atoms with Crippen LogP contribution in [0.25, 0.3) is 0 Å². The lowest BCUT2D eigenvalue weighted by Gasteiger charge is -2.40. The molecule has 1 saturated carbocycles. The first-order valence-electron chi connectivity index (χ1n) is 12.4. The van der Waals surface area contributed by atoms with E-state index >= 15 is 0 Å². The largest absolute Gasteiger partial charge is 0.487 e. The molecular formula is C26H40N2O3. The monoisotopic (exact) mass is 428 g/mol. The molecule has 1 aliphatic heterocycles. The van der Waals surface area contributed by atoms with Crippen molar-refractivity contribution in [2.45, 2.75) is 90.7 Å². The van der Waals surface area contributed by atoms with Crippen LogP contribution in [0, 0.1) is 5.92 Å². The summed E-state index contributed by atoms with van der Waals surface area (Å²) in [5.74, 6) is 1.32. The molecule has 2 amide bonds. The van der Waals surface area contributed by atoms with E-state index in [0.717, 1.165) is 64.5 Å². The molecule has 5 nitrogen and oxygen atoms in total. The van der Waals surface area contributed by atoms with Gasteiger partial charge in [0.2, 0.25) is 5.91 Å². The lowest BCUT2D eigenvalue weighted by atomic mass is 9.90. The summed E-state index contributed by atoms with van der Waals surface area (Å²) in [6.45, 7) is 8.55. The van der Waals surface area contributed by atoms with E-state index in [9.17, 15) is 9.59 Å². The molecule has 1 aliphatic carbocycles. The molecule has 1 fully saturated rings. The third-order valence-electron chi connectivity index (χ3n) is 6.61. The van der Waals surface area contributed by atoms with Gasteiger partial charge in [0.15, 0.2) is 0 Å². The lowest BCUT2D eigenvalue weighted by Crippen LogP contribution is -2.51. The standard InChI is InChI=1S/C26H40N2O3/c1-4-27-17-11-5-6-12-18-28(25(29)19-20(2)3)22-14-8-10-16-24(22)31-23-15-9-7-13-21(23)26(27)30/h7,9,13,15,20,22,24H,4-6,8,10-12,14,16-19H2,1-3H3/t22-,24+/m1/s1. The Balaban J connectivity index is 1.92. The van der Waals surface area contributed by atoms with Gasteiger partial charge < -0.3 is 14.5 Å². The molecule has 172 valence electrons. The smallest absolute Gasteiger partial charge is 0.257 e. The van der Waals surface area contributed by atoms with Crippen LogP contribution in [0.4, 0.5) is 0 Å². The van der Waals surface area contributed by atoms with Crippen molar-refractivity contribution in [1.82, 2.24) is 9.80 Å². The Hall–Kier alpha value is -2.04. The molecule has 0 aromatic heterocycles. The Labute approximate surface area is 188 Å². The molecule has 0 spiro atoms. The number of fused-ring (bicyclic) bond motifs is 2. The number of ether oxygens (including phenoxy) is 1. The molecule has 2 aliphatic rings. The molecule has 1 heterocycles. The normalized spacial score (nSPS) is 23.5. The van der Waals surface area contributed by atoms with Gasteiger partial charge in [-0.15, -0.1) is 0 Å². The van der Waals surface area contributed by atoms with E-state index in [1.165, 1.54) is 0 Å². The van der Waals surface area contributed by atoms with Crippen molar-refractivity contribution in [1.29, 1.82) is 0 Å². The lowest BCUT2D eigenvalue weighted by molar-refractivity contribution is -0.137. The van der Waals surface area contributed by atoms with Gasteiger partial charge in [-0.3, -0.25) is 9.59 Å². The van der Waals surface area contributed by atoms with Gasteiger partial charge in [-0.05, 0) is 57.1 Å². The predicted octanol–water partition coefficient (Wildman–Crippen LogP) is 5.29. The van der Waals surface area contributed by atoms with Gasteiger partial charge >= 0.3 is 0 Å². The van der Waals surface area contributed by atoms with Crippen LogP contribution in [0.5, 0.6) is 5.75 Å². The Morgan fingerprint density at radius 3 is 2.48 bits per heavy atom. The maximum atomic E-state index is 13.3. The van der Waals surface area contributed by atoms with Crippen molar-refractivity contribution in [2.75, 3.05) is 19.6 Å². The van der Waals surface area contributed by atoms with E-state index < -0.39 is 0 Å². The average molecular weight is 429 g/mol. The molecule has 0 radical (unpaired) electrons. The second kappa shape index (κ2) is 11.5. The number of nitrogens with zero attached hydrogens (tertiary/aromatic N) is 2. The first-order valence-corrected chi connectivity index (χ1v) is 12.4. The summed E-state index contributed by atoms with van der Waals surface area (Å²) >= 11 is 0. The van der Waals surface area contributed by atoms with E-state index in [0.29, 0.717) is 30.2 Å². The van der Waals surface area contributed by atoms with Gasteiger partial charge in [0, 0.05) is 26.1 Å².